The first-order chi connectivity index (χ1) is 14.7. The second-order valence-electron chi connectivity index (χ2n) is 6.67. The number of hydrogen-bond donors (Lipinski definition) is 2. The van der Waals surface area contributed by atoms with Gasteiger partial charge in [0.15, 0.2) is 9.84 Å². The Kier molecular flexibility index (Phi) is 7.29. The van der Waals surface area contributed by atoms with Crippen LogP contribution in [0.3, 0.4) is 0 Å². The van der Waals surface area contributed by atoms with E-state index in [4.69, 9.17) is 0 Å². The zero-order valence-electron chi connectivity index (χ0n) is 16.5. The average molecular weight is 463 g/mol. The zero-order chi connectivity index (χ0) is 22.4. The summed E-state index contributed by atoms with van der Waals surface area (Å²) in [5, 5.41) is 5.95. The maximum absolute atomic E-state index is 12.7. The molecule has 0 aliphatic heterocycles. The van der Waals surface area contributed by atoms with Crippen molar-refractivity contribution in [2.24, 2.45) is 0 Å². The molecule has 0 fully saturated rings. The molecule has 2 N–H and O–H groups in total. The number of sulfone groups is 1. The van der Waals surface area contributed by atoms with E-state index in [9.17, 15) is 22.0 Å². The lowest BCUT2D eigenvalue weighted by Crippen LogP contribution is -2.23. The van der Waals surface area contributed by atoms with Gasteiger partial charge in [-0.3, -0.25) is 4.79 Å². The van der Waals surface area contributed by atoms with Crippen LogP contribution in [-0.2, 0) is 16.4 Å². The zero-order valence-corrected chi connectivity index (χ0v) is 18.1. The number of hydrogen-bond acceptors (Lipinski definition) is 5. The van der Waals surface area contributed by atoms with Crippen LogP contribution in [0.15, 0.2) is 82.6 Å². The molecule has 9 heteroatoms. The molecule has 0 saturated heterocycles. The Labute approximate surface area is 183 Å². The third kappa shape index (κ3) is 6.53. The van der Waals surface area contributed by atoms with Crippen molar-refractivity contribution in [2.75, 3.05) is 11.6 Å². The molecule has 0 heterocycles. The Bertz CT molecular complexity index is 1150. The molecule has 31 heavy (non-hydrogen) atoms. The van der Waals surface area contributed by atoms with Crippen molar-refractivity contribution < 1.29 is 22.0 Å². The predicted molar refractivity (Wildman–Crippen MR) is 119 cm³/mol. The van der Waals surface area contributed by atoms with Crippen molar-refractivity contribution in [1.82, 2.24) is 5.32 Å². The standard InChI is InChI=1S/C22H20F2N2O3S2/c1-31(28,29)18-12-6-15(7-13-18)14-25-21(27)19-4-2-3-5-20(19)26-16-8-10-17(11-9-16)30-22(23)24/h2-13,22,26H,14H2,1H3,(H,25,27). The van der Waals surface area contributed by atoms with Gasteiger partial charge < -0.3 is 10.6 Å². The van der Waals surface area contributed by atoms with Crippen LogP contribution in [0.25, 0.3) is 0 Å². The summed E-state index contributed by atoms with van der Waals surface area (Å²) in [5.74, 6) is -2.79. The highest BCUT2D eigenvalue weighted by molar-refractivity contribution is 7.99. The van der Waals surface area contributed by atoms with Crippen molar-refractivity contribution in [3.8, 4) is 0 Å². The molecule has 1 amide bonds. The largest absolute Gasteiger partial charge is 0.355 e. The Morgan fingerprint density at radius 3 is 2.23 bits per heavy atom. The van der Waals surface area contributed by atoms with Gasteiger partial charge in [-0.15, -0.1) is 0 Å². The Hall–Kier alpha value is -2.91. The third-order valence-electron chi connectivity index (χ3n) is 4.33. The number of carbonyl (C=O) groups excluding carboxylic acids is 1. The summed E-state index contributed by atoms with van der Waals surface area (Å²) in [5.41, 5.74) is 2.41. The first-order valence-corrected chi connectivity index (χ1v) is 12.0. The highest BCUT2D eigenvalue weighted by Gasteiger charge is 2.12. The van der Waals surface area contributed by atoms with Crippen LogP contribution in [-0.4, -0.2) is 26.3 Å². The van der Waals surface area contributed by atoms with Crippen molar-refractivity contribution >= 4 is 38.9 Å². The molecule has 3 aromatic rings. The molecule has 0 saturated carbocycles. The monoisotopic (exact) mass is 462 g/mol. The summed E-state index contributed by atoms with van der Waals surface area (Å²) in [4.78, 5) is 13.4. The number of thioether (sulfide) groups is 1. The molecule has 3 aromatic carbocycles. The third-order valence-corrected chi connectivity index (χ3v) is 6.19. The van der Waals surface area contributed by atoms with Gasteiger partial charge in [0.1, 0.15) is 0 Å². The predicted octanol–water partition coefficient (Wildman–Crippen LogP) is 5.08. The number of nitrogens with one attached hydrogen (secondary N) is 2. The number of anilines is 2. The van der Waals surface area contributed by atoms with Crippen LogP contribution in [0, 0.1) is 0 Å². The highest BCUT2D eigenvalue weighted by Crippen LogP contribution is 2.28. The van der Waals surface area contributed by atoms with Crippen LogP contribution < -0.4 is 10.6 Å². The van der Waals surface area contributed by atoms with Gasteiger partial charge in [-0.25, -0.2) is 8.42 Å². The number of alkyl halides is 2. The molecule has 0 unspecified atom stereocenters. The quantitative estimate of drug-likeness (QED) is 0.457. The number of amides is 1. The summed E-state index contributed by atoms with van der Waals surface area (Å²) in [7, 11) is -3.27. The maximum atomic E-state index is 12.7. The fraction of sp³-hybridized carbons (Fsp3) is 0.136. The van der Waals surface area contributed by atoms with Crippen LogP contribution in [0.2, 0.25) is 0 Å². The van der Waals surface area contributed by atoms with Gasteiger partial charge in [0.2, 0.25) is 0 Å². The Balaban J connectivity index is 1.67. The molecule has 0 radical (unpaired) electrons. The number of halogens is 2. The number of para-hydroxylation sites is 1. The van der Waals surface area contributed by atoms with E-state index in [1.165, 1.54) is 12.1 Å². The van der Waals surface area contributed by atoms with Gasteiger partial charge in [-0.05, 0) is 54.1 Å². The Morgan fingerprint density at radius 2 is 1.61 bits per heavy atom. The van der Waals surface area contributed by atoms with Gasteiger partial charge in [0, 0.05) is 23.4 Å². The summed E-state index contributed by atoms with van der Waals surface area (Å²) < 4.78 is 48.0. The van der Waals surface area contributed by atoms with Gasteiger partial charge in [0.05, 0.1) is 16.1 Å². The first kappa shape index (κ1) is 22.8. The van der Waals surface area contributed by atoms with Crippen LogP contribution in [0.5, 0.6) is 0 Å². The van der Waals surface area contributed by atoms with E-state index in [-0.39, 0.29) is 17.3 Å². The normalized spacial score (nSPS) is 11.4. The van der Waals surface area contributed by atoms with Crippen LogP contribution in [0.4, 0.5) is 20.2 Å². The van der Waals surface area contributed by atoms with E-state index in [1.54, 1.807) is 60.7 Å². The molecule has 5 nitrogen and oxygen atoms in total. The molecule has 3 rings (SSSR count). The maximum Gasteiger partial charge on any atom is 0.288 e. The fourth-order valence-electron chi connectivity index (χ4n) is 2.80. The molecular formula is C22H20F2N2O3S2. The number of benzene rings is 3. The van der Waals surface area contributed by atoms with Crippen molar-refractivity contribution in [2.45, 2.75) is 22.1 Å². The lowest BCUT2D eigenvalue weighted by atomic mass is 10.1. The summed E-state index contributed by atoms with van der Waals surface area (Å²) in [6, 6.07) is 19.8. The fourth-order valence-corrected chi connectivity index (χ4v) is 3.93. The molecule has 0 spiro atoms. The van der Waals surface area contributed by atoms with Gasteiger partial charge in [-0.1, -0.05) is 36.0 Å². The first-order valence-electron chi connectivity index (χ1n) is 9.20. The van der Waals surface area contributed by atoms with E-state index in [0.29, 0.717) is 33.6 Å². The van der Waals surface area contributed by atoms with Gasteiger partial charge in [0.25, 0.3) is 11.7 Å². The molecule has 0 aliphatic rings. The van der Waals surface area contributed by atoms with Crippen LogP contribution in [0.1, 0.15) is 15.9 Å². The minimum Gasteiger partial charge on any atom is -0.355 e. The minimum absolute atomic E-state index is 0.218. The van der Waals surface area contributed by atoms with E-state index in [0.717, 1.165) is 11.8 Å². The van der Waals surface area contributed by atoms with E-state index in [1.807, 2.05) is 0 Å². The van der Waals surface area contributed by atoms with E-state index >= 15 is 0 Å². The Morgan fingerprint density at radius 1 is 0.968 bits per heavy atom. The smallest absolute Gasteiger partial charge is 0.288 e. The second-order valence-corrected chi connectivity index (χ2v) is 9.75. The second kappa shape index (κ2) is 9.93. The minimum atomic E-state index is -3.27. The number of rotatable bonds is 8. The van der Waals surface area contributed by atoms with Crippen molar-refractivity contribution in [3.63, 3.8) is 0 Å². The molecule has 0 aromatic heterocycles. The summed E-state index contributed by atoms with van der Waals surface area (Å²) >= 11 is 0.469. The van der Waals surface area contributed by atoms with Crippen LogP contribution >= 0.6 is 11.8 Å². The lowest BCUT2D eigenvalue weighted by Gasteiger charge is -2.13. The summed E-state index contributed by atoms with van der Waals surface area (Å²) in [6.45, 7) is 0.233. The SMILES string of the molecule is CS(=O)(=O)c1ccc(CNC(=O)c2ccccc2Nc2ccc(SC(F)F)cc2)cc1. The summed E-state index contributed by atoms with van der Waals surface area (Å²) in [6.07, 6.45) is 1.14. The van der Waals surface area contributed by atoms with Gasteiger partial charge in [-0.2, -0.15) is 8.78 Å². The van der Waals surface area contributed by atoms with Gasteiger partial charge >= 0.3 is 0 Å². The molecular weight excluding hydrogens is 442 g/mol. The van der Waals surface area contributed by atoms with E-state index < -0.39 is 15.6 Å². The van der Waals surface area contributed by atoms with Crippen molar-refractivity contribution in [3.05, 3.63) is 83.9 Å². The molecule has 0 bridgehead atoms. The average Bonchev–Trinajstić information content (AvgIpc) is 2.73. The molecule has 0 aliphatic carbocycles. The number of carbonyl (C=O) groups is 1. The van der Waals surface area contributed by atoms with E-state index in [2.05, 4.69) is 10.6 Å². The lowest BCUT2D eigenvalue weighted by molar-refractivity contribution is 0.0951. The molecule has 162 valence electrons. The highest BCUT2D eigenvalue weighted by atomic mass is 32.2. The topological polar surface area (TPSA) is 75.3 Å². The van der Waals surface area contributed by atoms with Crippen molar-refractivity contribution in [1.29, 1.82) is 0 Å². The molecule has 0 atom stereocenters.